The largest absolute Gasteiger partial charge is 0.379 e. The second-order valence-corrected chi connectivity index (χ2v) is 5.98. The van der Waals surface area contributed by atoms with Gasteiger partial charge in [0.15, 0.2) is 0 Å². The number of halogens is 1. The van der Waals surface area contributed by atoms with Crippen LogP contribution in [0.3, 0.4) is 0 Å². The number of ether oxygens (including phenoxy) is 1. The lowest BCUT2D eigenvalue weighted by molar-refractivity contribution is -0.124. The minimum absolute atomic E-state index is 0.356. The van der Waals surface area contributed by atoms with Gasteiger partial charge in [-0.25, -0.2) is 4.39 Å². The summed E-state index contributed by atoms with van der Waals surface area (Å²) in [4.78, 5) is 11.8. The molecule has 20 heavy (non-hydrogen) atoms. The number of primary amides is 1. The zero-order valence-corrected chi connectivity index (χ0v) is 12.7. The molecule has 4 nitrogen and oxygen atoms in total. The van der Waals surface area contributed by atoms with Gasteiger partial charge in [0.1, 0.15) is 11.4 Å². The maximum Gasteiger partial charge on any atom is 0.242 e. The number of nitrogens with one attached hydrogen (secondary N) is 1. The number of carbonyl (C=O) groups excluding carboxylic acids is 1. The molecule has 0 aliphatic heterocycles. The highest BCUT2D eigenvalue weighted by molar-refractivity contribution is 5.87. The number of methoxy groups -OCH3 is 1. The molecule has 0 saturated heterocycles. The first kappa shape index (κ1) is 16.4. The van der Waals surface area contributed by atoms with Crippen molar-refractivity contribution in [2.45, 2.75) is 45.3 Å². The zero-order chi connectivity index (χ0) is 15.6. The Morgan fingerprint density at radius 1 is 1.35 bits per heavy atom. The molecule has 0 aliphatic carbocycles. The first-order valence-corrected chi connectivity index (χ1v) is 6.48. The standard InChI is InChI=1S/C15H23FN2O2/c1-10-6-11(16)8-12(7-10)18-15(4,13(17)19)9-14(2,3)20-5/h6-8,18H,9H2,1-5H3,(H2,17,19). The predicted octanol–water partition coefficient (Wildman–Crippen LogP) is 2.61. The van der Waals surface area contributed by atoms with Crippen molar-refractivity contribution in [1.82, 2.24) is 0 Å². The van der Waals surface area contributed by atoms with Crippen LogP contribution < -0.4 is 11.1 Å². The fourth-order valence-corrected chi connectivity index (χ4v) is 2.24. The monoisotopic (exact) mass is 282 g/mol. The number of hydrogen-bond acceptors (Lipinski definition) is 3. The lowest BCUT2D eigenvalue weighted by Gasteiger charge is -2.36. The number of rotatable bonds is 6. The molecule has 1 atom stereocenters. The van der Waals surface area contributed by atoms with Gasteiger partial charge >= 0.3 is 0 Å². The number of nitrogens with two attached hydrogens (primary N) is 1. The molecule has 112 valence electrons. The van der Waals surface area contributed by atoms with Crippen molar-refractivity contribution in [3.63, 3.8) is 0 Å². The predicted molar refractivity (Wildman–Crippen MR) is 78.1 cm³/mol. The molecule has 0 radical (unpaired) electrons. The summed E-state index contributed by atoms with van der Waals surface area (Å²) >= 11 is 0. The maximum absolute atomic E-state index is 13.4. The number of anilines is 1. The van der Waals surface area contributed by atoms with Crippen LogP contribution in [-0.4, -0.2) is 24.2 Å². The van der Waals surface area contributed by atoms with E-state index in [1.54, 1.807) is 27.0 Å². The molecule has 0 aliphatic rings. The van der Waals surface area contributed by atoms with E-state index in [0.717, 1.165) is 5.56 Å². The first-order chi connectivity index (χ1) is 9.08. The van der Waals surface area contributed by atoms with Crippen molar-refractivity contribution in [1.29, 1.82) is 0 Å². The van der Waals surface area contributed by atoms with E-state index in [2.05, 4.69) is 5.32 Å². The summed E-state index contributed by atoms with van der Waals surface area (Å²) in [7, 11) is 1.58. The van der Waals surface area contributed by atoms with Crippen molar-refractivity contribution in [2.24, 2.45) is 5.73 Å². The number of carbonyl (C=O) groups is 1. The normalized spacial score (nSPS) is 14.7. The molecule has 1 unspecified atom stereocenters. The molecule has 1 amide bonds. The van der Waals surface area contributed by atoms with E-state index >= 15 is 0 Å². The van der Waals surface area contributed by atoms with Gasteiger partial charge in [0, 0.05) is 19.2 Å². The van der Waals surface area contributed by atoms with E-state index in [9.17, 15) is 9.18 Å². The summed E-state index contributed by atoms with van der Waals surface area (Å²) in [5, 5.41) is 3.03. The van der Waals surface area contributed by atoms with Crippen LogP contribution in [0.25, 0.3) is 0 Å². The van der Waals surface area contributed by atoms with Crippen LogP contribution >= 0.6 is 0 Å². The second-order valence-electron chi connectivity index (χ2n) is 5.98. The molecule has 0 saturated carbocycles. The minimum Gasteiger partial charge on any atom is -0.379 e. The first-order valence-electron chi connectivity index (χ1n) is 6.48. The summed E-state index contributed by atoms with van der Waals surface area (Å²) in [5.74, 6) is -0.866. The molecule has 1 aromatic carbocycles. The Morgan fingerprint density at radius 2 is 1.95 bits per heavy atom. The highest BCUT2D eigenvalue weighted by Gasteiger charge is 2.37. The molecule has 0 fully saturated rings. The fourth-order valence-electron chi connectivity index (χ4n) is 2.24. The molecule has 0 bridgehead atoms. The molecular formula is C15H23FN2O2. The Morgan fingerprint density at radius 3 is 2.40 bits per heavy atom. The summed E-state index contributed by atoms with van der Waals surface area (Å²) in [5.41, 5.74) is 5.24. The topological polar surface area (TPSA) is 64.3 Å². The SMILES string of the molecule is COC(C)(C)CC(C)(Nc1cc(C)cc(F)c1)C(N)=O. The molecule has 3 N–H and O–H groups in total. The third-order valence-electron chi connectivity index (χ3n) is 3.34. The van der Waals surface area contributed by atoms with E-state index in [4.69, 9.17) is 10.5 Å². The van der Waals surface area contributed by atoms with Crippen LogP contribution in [0.15, 0.2) is 18.2 Å². The molecule has 0 heterocycles. The Hall–Kier alpha value is -1.62. The Kier molecular flexibility index (Phi) is 4.76. The molecule has 1 rings (SSSR count). The third kappa shape index (κ3) is 4.20. The van der Waals surface area contributed by atoms with Crippen molar-refractivity contribution < 1.29 is 13.9 Å². The number of aryl methyl sites for hydroxylation is 1. The molecule has 0 spiro atoms. The average molecular weight is 282 g/mol. The van der Waals surface area contributed by atoms with Gasteiger partial charge < -0.3 is 15.8 Å². The van der Waals surface area contributed by atoms with Crippen LogP contribution in [0.4, 0.5) is 10.1 Å². The van der Waals surface area contributed by atoms with Crippen LogP contribution in [0.1, 0.15) is 32.8 Å². The van der Waals surface area contributed by atoms with Gasteiger partial charge in [-0.2, -0.15) is 0 Å². The van der Waals surface area contributed by atoms with E-state index < -0.39 is 17.0 Å². The van der Waals surface area contributed by atoms with Gasteiger partial charge in [0.25, 0.3) is 0 Å². The smallest absolute Gasteiger partial charge is 0.242 e. The number of hydrogen-bond donors (Lipinski definition) is 2. The molecular weight excluding hydrogens is 259 g/mol. The molecule has 0 aromatic heterocycles. The Bertz CT molecular complexity index is 482. The van der Waals surface area contributed by atoms with Gasteiger partial charge in [-0.1, -0.05) is 0 Å². The van der Waals surface area contributed by atoms with Gasteiger partial charge in [0.05, 0.1) is 5.60 Å². The Balaban J connectivity index is 3.05. The Labute approximate surface area is 119 Å². The lowest BCUT2D eigenvalue weighted by atomic mass is 9.86. The average Bonchev–Trinajstić information content (AvgIpc) is 2.26. The molecule has 1 aromatic rings. The lowest BCUT2D eigenvalue weighted by Crippen LogP contribution is -2.52. The zero-order valence-electron chi connectivity index (χ0n) is 12.7. The maximum atomic E-state index is 13.4. The van der Waals surface area contributed by atoms with Crippen molar-refractivity contribution >= 4 is 11.6 Å². The second kappa shape index (κ2) is 5.79. The molecule has 5 heteroatoms. The van der Waals surface area contributed by atoms with Gasteiger partial charge in [-0.15, -0.1) is 0 Å². The van der Waals surface area contributed by atoms with E-state index in [0.29, 0.717) is 12.1 Å². The van der Waals surface area contributed by atoms with Crippen molar-refractivity contribution in [2.75, 3.05) is 12.4 Å². The summed E-state index contributed by atoms with van der Waals surface area (Å²) in [6, 6.07) is 4.53. The van der Waals surface area contributed by atoms with Gasteiger partial charge in [0.2, 0.25) is 5.91 Å². The van der Waals surface area contributed by atoms with Crippen molar-refractivity contribution in [3.05, 3.63) is 29.6 Å². The highest BCUT2D eigenvalue weighted by atomic mass is 19.1. The van der Waals surface area contributed by atoms with Crippen LogP contribution in [0.5, 0.6) is 0 Å². The number of benzene rings is 1. The van der Waals surface area contributed by atoms with E-state index in [-0.39, 0.29) is 5.82 Å². The quantitative estimate of drug-likeness (QED) is 0.843. The van der Waals surface area contributed by atoms with E-state index in [1.165, 1.54) is 12.1 Å². The summed E-state index contributed by atoms with van der Waals surface area (Å²) in [6.45, 7) is 7.21. The van der Waals surface area contributed by atoms with Crippen LogP contribution in [0.2, 0.25) is 0 Å². The third-order valence-corrected chi connectivity index (χ3v) is 3.34. The fraction of sp³-hybridized carbons (Fsp3) is 0.533. The minimum atomic E-state index is -1.03. The van der Waals surface area contributed by atoms with Gasteiger partial charge in [-0.05, 0) is 51.5 Å². The van der Waals surface area contributed by atoms with Crippen LogP contribution in [0, 0.1) is 12.7 Å². The summed E-state index contributed by atoms with van der Waals surface area (Å²) < 4.78 is 18.8. The van der Waals surface area contributed by atoms with Crippen LogP contribution in [-0.2, 0) is 9.53 Å². The van der Waals surface area contributed by atoms with Gasteiger partial charge in [-0.3, -0.25) is 4.79 Å². The van der Waals surface area contributed by atoms with Crippen molar-refractivity contribution in [3.8, 4) is 0 Å². The number of amides is 1. The highest BCUT2D eigenvalue weighted by Crippen LogP contribution is 2.27. The summed E-state index contributed by atoms with van der Waals surface area (Å²) in [6.07, 6.45) is 0.362. The van der Waals surface area contributed by atoms with E-state index in [1.807, 2.05) is 13.8 Å².